The Kier molecular flexibility index (Phi) is 3.16. The topological polar surface area (TPSA) is 17.1 Å². The Hall–Kier alpha value is -1.03. The van der Waals surface area contributed by atoms with Gasteiger partial charge in [0.25, 0.3) is 0 Å². The first-order chi connectivity index (χ1) is 6.49. The molecule has 1 fully saturated rings. The summed E-state index contributed by atoms with van der Waals surface area (Å²) in [6.45, 7) is 9.98. The van der Waals surface area contributed by atoms with E-state index in [9.17, 15) is 4.79 Å². The van der Waals surface area contributed by atoms with Gasteiger partial charge in [-0.05, 0) is 37.5 Å². The molecule has 0 radical (unpaired) electrons. The Labute approximate surface area is 86.6 Å². The number of rotatable bonds is 1. The van der Waals surface area contributed by atoms with Crippen LogP contribution < -0.4 is 0 Å². The van der Waals surface area contributed by atoms with E-state index < -0.39 is 0 Å². The lowest BCUT2D eigenvalue weighted by Crippen LogP contribution is -2.34. The molecule has 1 aliphatic carbocycles. The molecule has 0 N–H and O–H groups in total. The van der Waals surface area contributed by atoms with Crippen molar-refractivity contribution < 1.29 is 4.79 Å². The highest BCUT2D eigenvalue weighted by molar-refractivity contribution is 5.99. The summed E-state index contributed by atoms with van der Waals surface area (Å²) < 4.78 is 0. The van der Waals surface area contributed by atoms with Crippen LogP contribution in [-0.4, -0.2) is 5.78 Å². The second-order valence-electron chi connectivity index (χ2n) is 4.67. The molecule has 0 aliphatic heterocycles. The van der Waals surface area contributed by atoms with Gasteiger partial charge >= 0.3 is 0 Å². The molecular formula is C13H18O. The molecule has 1 nitrogen and oxygen atoms in total. The molecule has 1 heteroatoms. The van der Waals surface area contributed by atoms with Crippen molar-refractivity contribution in [1.29, 1.82) is 0 Å². The first-order valence-electron chi connectivity index (χ1n) is 5.13. The fourth-order valence-corrected chi connectivity index (χ4v) is 2.35. The number of hydrogen-bond donors (Lipinski definition) is 0. The van der Waals surface area contributed by atoms with Crippen LogP contribution in [0.3, 0.4) is 0 Å². The van der Waals surface area contributed by atoms with E-state index in [1.165, 1.54) is 0 Å². The predicted molar refractivity (Wildman–Crippen MR) is 58.7 cm³/mol. The van der Waals surface area contributed by atoms with Crippen molar-refractivity contribution >= 4 is 5.78 Å². The van der Waals surface area contributed by atoms with Crippen molar-refractivity contribution in [2.75, 3.05) is 0 Å². The van der Waals surface area contributed by atoms with Crippen LogP contribution in [0, 0.1) is 23.2 Å². The number of allylic oxidation sites excluding steroid dienone is 1. The summed E-state index contributed by atoms with van der Waals surface area (Å²) in [5, 5.41) is 0. The molecule has 0 bridgehead atoms. The number of carbonyl (C=O) groups excluding carboxylic acids is 1. The van der Waals surface area contributed by atoms with E-state index in [1.54, 1.807) is 6.92 Å². The van der Waals surface area contributed by atoms with Crippen LogP contribution >= 0.6 is 0 Å². The molecule has 1 rings (SSSR count). The van der Waals surface area contributed by atoms with Crippen molar-refractivity contribution in [1.82, 2.24) is 0 Å². The lowest BCUT2D eigenvalue weighted by atomic mass is 9.65. The molecule has 1 atom stereocenters. The summed E-state index contributed by atoms with van der Waals surface area (Å²) in [4.78, 5) is 11.8. The zero-order chi connectivity index (χ0) is 10.8. The molecule has 0 heterocycles. The van der Waals surface area contributed by atoms with Gasteiger partial charge in [-0.25, -0.2) is 0 Å². The van der Waals surface area contributed by atoms with Crippen molar-refractivity contribution in [3.05, 3.63) is 12.2 Å². The van der Waals surface area contributed by atoms with Crippen LogP contribution in [0.4, 0.5) is 0 Å². The van der Waals surface area contributed by atoms with Gasteiger partial charge in [-0.15, -0.1) is 0 Å². The third kappa shape index (κ3) is 2.07. The third-order valence-electron chi connectivity index (χ3n) is 3.02. The van der Waals surface area contributed by atoms with Crippen LogP contribution in [0.5, 0.6) is 0 Å². The standard InChI is InChI=1S/C13H18O/c1-5-7-11(14)12-10(2)8-6-9-13(12,3)4/h12H,2,6,8-9H2,1,3-4H3. The third-order valence-corrected chi connectivity index (χ3v) is 3.02. The highest BCUT2D eigenvalue weighted by Gasteiger charge is 2.38. The summed E-state index contributed by atoms with van der Waals surface area (Å²) in [6.07, 6.45) is 3.22. The van der Waals surface area contributed by atoms with Gasteiger partial charge in [0.05, 0.1) is 5.92 Å². The smallest absolute Gasteiger partial charge is 0.213 e. The fourth-order valence-electron chi connectivity index (χ4n) is 2.35. The molecule has 0 aromatic rings. The zero-order valence-corrected chi connectivity index (χ0v) is 9.31. The second-order valence-corrected chi connectivity index (χ2v) is 4.67. The van der Waals surface area contributed by atoms with Crippen molar-refractivity contribution in [3.63, 3.8) is 0 Å². The summed E-state index contributed by atoms with van der Waals surface area (Å²) in [7, 11) is 0. The molecule has 0 amide bonds. The molecule has 14 heavy (non-hydrogen) atoms. The SMILES string of the molecule is C=C1CCCC(C)(C)C1C(=O)C#CC. The Morgan fingerprint density at radius 2 is 2.21 bits per heavy atom. The Morgan fingerprint density at radius 1 is 1.57 bits per heavy atom. The molecule has 1 unspecified atom stereocenters. The quantitative estimate of drug-likeness (QED) is 0.353. The molecule has 76 valence electrons. The molecule has 0 spiro atoms. The highest BCUT2D eigenvalue weighted by atomic mass is 16.1. The van der Waals surface area contributed by atoms with E-state index in [0.29, 0.717) is 0 Å². The largest absolute Gasteiger partial charge is 0.284 e. The minimum atomic E-state index is -0.0521. The van der Waals surface area contributed by atoms with Gasteiger partial charge in [-0.2, -0.15) is 0 Å². The fraction of sp³-hybridized carbons (Fsp3) is 0.615. The van der Waals surface area contributed by atoms with E-state index in [4.69, 9.17) is 0 Å². The van der Waals surface area contributed by atoms with Crippen LogP contribution in [-0.2, 0) is 4.79 Å². The minimum Gasteiger partial charge on any atom is -0.284 e. The number of carbonyl (C=O) groups is 1. The summed E-state index contributed by atoms with van der Waals surface area (Å²) >= 11 is 0. The van der Waals surface area contributed by atoms with Gasteiger partial charge in [0.15, 0.2) is 0 Å². The van der Waals surface area contributed by atoms with Gasteiger partial charge in [0.2, 0.25) is 5.78 Å². The molecule has 0 aromatic heterocycles. The maximum absolute atomic E-state index is 11.8. The van der Waals surface area contributed by atoms with Gasteiger partial charge in [-0.3, -0.25) is 4.79 Å². The second kappa shape index (κ2) is 4.00. The van der Waals surface area contributed by atoms with Crippen molar-refractivity contribution in [3.8, 4) is 11.8 Å². The number of Topliss-reactive ketones (excluding diaryl/α,β-unsaturated/α-hetero) is 1. The first kappa shape index (κ1) is 11.0. The Balaban J connectivity index is 2.94. The van der Waals surface area contributed by atoms with Crippen molar-refractivity contribution in [2.24, 2.45) is 11.3 Å². The Bertz CT molecular complexity index is 312. The summed E-state index contributed by atoms with van der Waals surface area (Å²) in [5.74, 6) is 5.33. The van der Waals surface area contributed by atoms with Crippen LogP contribution in [0.2, 0.25) is 0 Å². The maximum Gasteiger partial charge on any atom is 0.213 e. The van der Waals surface area contributed by atoms with Gasteiger partial charge in [0.1, 0.15) is 0 Å². The van der Waals surface area contributed by atoms with Gasteiger partial charge in [-0.1, -0.05) is 31.9 Å². The Morgan fingerprint density at radius 3 is 2.71 bits per heavy atom. The van der Waals surface area contributed by atoms with E-state index in [-0.39, 0.29) is 17.1 Å². The number of hydrogen-bond acceptors (Lipinski definition) is 1. The van der Waals surface area contributed by atoms with E-state index in [0.717, 1.165) is 24.8 Å². The minimum absolute atomic E-state index is 0.0380. The predicted octanol–water partition coefficient (Wildman–Crippen LogP) is 2.96. The van der Waals surface area contributed by atoms with Crippen LogP contribution in [0.25, 0.3) is 0 Å². The molecule has 1 aliphatic rings. The lowest BCUT2D eigenvalue weighted by molar-refractivity contribution is -0.119. The van der Waals surface area contributed by atoms with E-state index >= 15 is 0 Å². The molecule has 0 aromatic carbocycles. The summed E-state index contributed by atoms with van der Waals surface area (Å²) in [6, 6.07) is 0. The molecule has 0 saturated heterocycles. The first-order valence-corrected chi connectivity index (χ1v) is 5.13. The number of ketones is 1. The normalized spacial score (nSPS) is 25.1. The highest BCUT2D eigenvalue weighted by Crippen LogP contribution is 2.43. The van der Waals surface area contributed by atoms with Gasteiger partial charge < -0.3 is 0 Å². The molecular weight excluding hydrogens is 172 g/mol. The lowest BCUT2D eigenvalue weighted by Gasteiger charge is -2.38. The average Bonchev–Trinajstić information content (AvgIpc) is 2.02. The monoisotopic (exact) mass is 190 g/mol. The summed E-state index contributed by atoms with van der Waals surface area (Å²) in [5.41, 5.74) is 1.10. The van der Waals surface area contributed by atoms with Gasteiger partial charge in [0, 0.05) is 0 Å². The van der Waals surface area contributed by atoms with Crippen molar-refractivity contribution in [2.45, 2.75) is 40.0 Å². The zero-order valence-electron chi connectivity index (χ0n) is 9.31. The van der Waals surface area contributed by atoms with Crippen LogP contribution in [0.15, 0.2) is 12.2 Å². The van der Waals surface area contributed by atoms with E-state index in [1.807, 2.05) is 0 Å². The van der Waals surface area contributed by atoms with E-state index in [2.05, 4.69) is 32.3 Å². The molecule has 1 saturated carbocycles. The van der Waals surface area contributed by atoms with Crippen LogP contribution in [0.1, 0.15) is 40.0 Å². The average molecular weight is 190 g/mol. The maximum atomic E-state index is 11.8.